The normalized spacial score (nSPS) is 23.8. The summed E-state index contributed by atoms with van der Waals surface area (Å²) >= 11 is 0. The lowest BCUT2D eigenvalue weighted by atomic mass is 10.0. The summed E-state index contributed by atoms with van der Waals surface area (Å²) in [7, 11) is 1.51. The number of nitrogens with one attached hydrogen (secondary N) is 2. The molecular weight excluding hydrogens is 363 g/mol. The molecule has 1 aliphatic carbocycles. The Morgan fingerprint density at radius 2 is 2.00 bits per heavy atom. The van der Waals surface area contributed by atoms with Crippen LogP contribution in [0.1, 0.15) is 45.1 Å². The third-order valence-corrected chi connectivity index (χ3v) is 5.80. The Balaban J connectivity index is 1.66. The Labute approximate surface area is 162 Å². The first-order valence-corrected chi connectivity index (χ1v) is 9.37. The highest BCUT2D eigenvalue weighted by atomic mass is 19.1. The summed E-state index contributed by atoms with van der Waals surface area (Å²) in [6, 6.07) is 5.98. The standard InChI is InChI=1S/C20H23FN4O3/c1-10-12(5-4-6-15(10)21)11(2)25-17(7-16(24-25)19(26)22-3)20(27)23-18-13-8-28-9-14(13)18/h4-7,11,13-14,18H,8-9H2,1-3H3,(H,22,26)(H,23,27)/t11?,13-,14+,18+. The van der Waals surface area contributed by atoms with Crippen molar-refractivity contribution in [2.75, 3.05) is 20.3 Å². The van der Waals surface area contributed by atoms with Gasteiger partial charge in [-0.15, -0.1) is 0 Å². The lowest BCUT2D eigenvalue weighted by Gasteiger charge is -2.18. The van der Waals surface area contributed by atoms with E-state index in [1.165, 1.54) is 23.9 Å². The van der Waals surface area contributed by atoms with Gasteiger partial charge in [0.15, 0.2) is 5.69 Å². The van der Waals surface area contributed by atoms with Crippen molar-refractivity contribution in [2.45, 2.75) is 25.9 Å². The van der Waals surface area contributed by atoms with E-state index in [9.17, 15) is 14.0 Å². The number of ether oxygens (including phenoxy) is 1. The molecule has 1 unspecified atom stereocenters. The Bertz CT molecular complexity index is 932. The van der Waals surface area contributed by atoms with Crippen molar-refractivity contribution in [3.8, 4) is 0 Å². The number of benzene rings is 1. The van der Waals surface area contributed by atoms with Crippen molar-refractivity contribution < 1.29 is 18.7 Å². The van der Waals surface area contributed by atoms with Gasteiger partial charge in [0.2, 0.25) is 0 Å². The number of hydrogen-bond donors (Lipinski definition) is 2. The number of nitrogens with zero attached hydrogens (tertiary/aromatic N) is 2. The second-order valence-corrected chi connectivity index (χ2v) is 7.43. The average molecular weight is 386 g/mol. The summed E-state index contributed by atoms with van der Waals surface area (Å²) in [5.41, 5.74) is 1.62. The molecule has 2 amide bonds. The van der Waals surface area contributed by atoms with E-state index < -0.39 is 6.04 Å². The molecule has 2 heterocycles. The van der Waals surface area contributed by atoms with Gasteiger partial charge in [-0.05, 0) is 31.0 Å². The largest absolute Gasteiger partial charge is 0.381 e. The SMILES string of the molecule is CNC(=O)c1cc(C(=O)N[C@H]2[C@@H]3COC[C@@H]32)n(C(C)c2cccc(F)c2C)n1. The number of hydrogen-bond acceptors (Lipinski definition) is 4. The highest BCUT2D eigenvalue weighted by Gasteiger charge is 2.55. The summed E-state index contributed by atoms with van der Waals surface area (Å²) in [6.45, 7) is 4.85. The quantitative estimate of drug-likeness (QED) is 0.819. The van der Waals surface area contributed by atoms with Crippen LogP contribution < -0.4 is 10.6 Å². The average Bonchev–Trinajstić information content (AvgIpc) is 3.10. The molecule has 2 aromatic rings. The highest BCUT2D eigenvalue weighted by Crippen LogP contribution is 2.44. The molecule has 1 saturated heterocycles. The van der Waals surface area contributed by atoms with Crippen molar-refractivity contribution in [3.05, 3.63) is 52.6 Å². The Morgan fingerprint density at radius 1 is 1.29 bits per heavy atom. The molecule has 4 atom stereocenters. The van der Waals surface area contributed by atoms with Crippen LogP contribution in [0.4, 0.5) is 4.39 Å². The van der Waals surface area contributed by atoms with E-state index in [0.717, 1.165) is 0 Å². The first-order chi connectivity index (χ1) is 13.4. The van der Waals surface area contributed by atoms with E-state index in [0.29, 0.717) is 36.2 Å². The van der Waals surface area contributed by atoms with Crippen LogP contribution in [0.15, 0.2) is 24.3 Å². The third-order valence-electron chi connectivity index (χ3n) is 5.80. The zero-order valence-corrected chi connectivity index (χ0v) is 16.0. The molecule has 1 aliphatic heterocycles. The summed E-state index contributed by atoms with van der Waals surface area (Å²) in [5.74, 6) is -0.265. The van der Waals surface area contributed by atoms with Gasteiger partial charge in [-0.2, -0.15) is 5.10 Å². The number of carbonyl (C=O) groups excluding carboxylic acids is 2. The molecule has 28 heavy (non-hydrogen) atoms. The first-order valence-electron chi connectivity index (χ1n) is 9.37. The molecular formula is C20H23FN4O3. The van der Waals surface area contributed by atoms with Crippen LogP contribution in [-0.4, -0.2) is 47.9 Å². The summed E-state index contributed by atoms with van der Waals surface area (Å²) < 4.78 is 20.9. The van der Waals surface area contributed by atoms with Crippen molar-refractivity contribution in [1.29, 1.82) is 0 Å². The number of amides is 2. The molecule has 0 radical (unpaired) electrons. The van der Waals surface area contributed by atoms with E-state index in [1.807, 2.05) is 6.92 Å². The van der Waals surface area contributed by atoms with E-state index in [1.54, 1.807) is 19.1 Å². The summed E-state index contributed by atoms with van der Waals surface area (Å²) in [5, 5.41) is 9.90. The minimum atomic E-state index is -0.420. The maximum Gasteiger partial charge on any atom is 0.271 e. The van der Waals surface area contributed by atoms with Crippen LogP contribution in [0, 0.1) is 24.6 Å². The zero-order valence-electron chi connectivity index (χ0n) is 16.0. The minimum absolute atomic E-state index is 0.0965. The molecule has 7 nitrogen and oxygen atoms in total. The first kappa shape index (κ1) is 18.6. The third kappa shape index (κ3) is 3.07. The van der Waals surface area contributed by atoms with Gasteiger partial charge in [0.05, 0.1) is 19.3 Å². The van der Waals surface area contributed by atoms with Crippen LogP contribution in [-0.2, 0) is 4.74 Å². The second kappa shape index (κ2) is 7.01. The molecule has 148 valence electrons. The molecule has 1 aromatic carbocycles. The molecule has 0 bridgehead atoms. The number of aromatic nitrogens is 2. The van der Waals surface area contributed by atoms with Gasteiger partial charge in [0, 0.05) is 31.0 Å². The number of rotatable bonds is 5. The molecule has 2 N–H and O–H groups in total. The summed E-state index contributed by atoms with van der Waals surface area (Å²) in [6.07, 6.45) is 0. The second-order valence-electron chi connectivity index (χ2n) is 7.43. The number of halogens is 1. The zero-order chi connectivity index (χ0) is 20.0. The van der Waals surface area contributed by atoms with Gasteiger partial charge in [0.1, 0.15) is 11.5 Å². The van der Waals surface area contributed by atoms with Crippen LogP contribution in [0.2, 0.25) is 0 Å². The molecule has 0 spiro atoms. The van der Waals surface area contributed by atoms with Gasteiger partial charge in [0.25, 0.3) is 11.8 Å². The van der Waals surface area contributed by atoms with E-state index >= 15 is 0 Å². The van der Waals surface area contributed by atoms with Gasteiger partial charge >= 0.3 is 0 Å². The van der Waals surface area contributed by atoms with E-state index in [2.05, 4.69) is 15.7 Å². The predicted molar refractivity (Wildman–Crippen MR) is 99.6 cm³/mol. The fraction of sp³-hybridized carbons (Fsp3) is 0.450. The van der Waals surface area contributed by atoms with Crippen molar-refractivity contribution >= 4 is 11.8 Å². The molecule has 1 aromatic heterocycles. The van der Waals surface area contributed by atoms with Gasteiger partial charge in [-0.25, -0.2) is 4.39 Å². The van der Waals surface area contributed by atoms with E-state index in [4.69, 9.17) is 4.74 Å². The Morgan fingerprint density at radius 3 is 2.68 bits per heavy atom. The summed E-state index contributed by atoms with van der Waals surface area (Å²) in [4.78, 5) is 25.0. The van der Waals surface area contributed by atoms with Crippen LogP contribution in [0.3, 0.4) is 0 Å². The predicted octanol–water partition coefficient (Wildman–Crippen LogP) is 1.67. The van der Waals surface area contributed by atoms with Crippen molar-refractivity contribution in [2.24, 2.45) is 11.8 Å². The van der Waals surface area contributed by atoms with Crippen LogP contribution >= 0.6 is 0 Å². The minimum Gasteiger partial charge on any atom is -0.381 e. The maximum atomic E-state index is 14.0. The highest BCUT2D eigenvalue weighted by molar-refractivity contribution is 5.98. The van der Waals surface area contributed by atoms with Gasteiger partial charge in [-0.1, -0.05) is 12.1 Å². The Kier molecular flexibility index (Phi) is 4.66. The fourth-order valence-electron chi connectivity index (χ4n) is 3.99. The lowest BCUT2D eigenvalue weighted by molar-refractivity contribution is 0.0915. The lowest BCUT2D eigenvalue weighted by Crippen LogP contribution is -2.32. The Hall–Kier alpha value is -2.74. The monoisotopic (exact) mass is 386 g/mol. The molecule has 4 rings (SSSR count). The van der Waals surface area contributed by atoms with Crippen LogP contribution in [0.25, 0.3) is 0 Å². The molecule has 2 fully saturated rings. The maximum absolute atomic E-state index is 14.0. The fourth-order valence-corrected chi connectivity index (χ4v) is 3.99. The smallest absolute Gasteiger partial charge is 0.271 e. The number of fused-ring (bicyclic) bond motifs is 1. The number of carbonyl (C=O) groups is 2. The molecule has 8 heteroatoms. The molecule has 2 aliphatic rings. The van der Waals surface area contributed by atoms with Crippen LogP contribution in [0.5, 0.6) is 0 Å². The van der Waals surface area contributed by atoms with E-state index in [-0.39, 0.29) is 35.1 Å². The molecule has 1 saturated carbocycles. The van der Waals surface area contributed by atoms with Crippen molar-refractivity contribution in [1.82, 2.24) is 20.4 Å². The van der Waals surface area contributed by atoms with Gasteiger partial charge < -0.3 is 15.4 Å². The topological polar surface area (TPSA) is 85.3 Å². The van der Waals surface area contributed by atoms with Crippen molar-refractivity contribution in [3.63, 3.8) is 0 Å². The van der Waals surface area contributed by atoms with Gasteiger partial charge in [-0.3, -0.25) is 14.3 Å².